The fourth-order valence-electron chi connectivity index (χ4n) is 2.06. The van der Waals surface area contributed by atoms with Crippen molar-refractivity contribution in [3.8, 4) is 0 Å². The summed E-state index contributed by atoms with van der Waals surface area (Å²) in [5.41, 5.74) is 5.44. The Hall–Kier alpha value is -0.120. The summed E-state index contributed by atoms with van der Waals surface area (Å²) in [6.07, 6.45) is 13.2. The molecule has 0 aromatic rings. The van der Waals surface area contributed by atoms with Crippen molar-refractivity contribution in [3.05, 3.63) is 0 Å². The van der Waals surface area contributed by atoms with Gasteiger partial charge in [0.15, 0.2) is 6.29 Å². The van der Waals surface area contributed by atoms with Crippen molar-refractivity contribution in [2.45, 2.75) is 83.3 Å². The van der Waals surface area contributed by atoms with Crippen LogP contribution in [0.1, 0.15) is 77.0 Å². The monoisotopic (exact) mass is 245 g/mol. The highest BCUT2D eigenvalue weighted by atomic mass is 16.5. The third-order valence-corrected chi connectivity index (χ3v) is 3.17. The maximum atomic E-state index is 8.66. The van der Waals surface area contributed by atoms with E-state index >= 15 is 0 Å². The van der Waals surface area contributed by atoms with Crippen LogP contribution in [0.3, 0.4) is 0 Å². The Labute approximate surface area is 106 Å². The van der Waals surface area contributed by atoms with Gasteiger partial charge in [-0.3, -0.25) is 0 Å². The highest BCUT2D eigenvalue weighted by Crippen LogP contribution is 2.12. The predicted octanol–water partition coefficient (Wildman–Crippen LogP) is 2.94. The van der Waals surface area contributed by atoms with Crippen LogP contribution in [0.5, 0.6) is 0 Å². The Bertz CT molecular complexity index is 140. The number of aliphatic hydroxyl groups is 2. The van der Waals surface area contributed by atoms with Crippen LogP contribution in [-0.4, -0.2) is 23.0 Å². The van der Waals surface area contributed by atoms with Crippen molar-refractivity contribution in [3.63, 3.8) is 0 Å². The van der Waals surface area contributed by atoms with Gasteiger partial charge >= 0.3 is 0 Å². The first-order chi connectivity index (χ1) is 8.27. The zero-order valence-electron chi connectivity index (χ0n) is 11.2. The molecule has 0 saturated carbocycles. The van der Waals surface area contributed by atoms with E-state index in [1.165, 1.54) is 57.8 Å². The quantitative estimate of drug-likeness (QED) is 0.345. The minimum atomic E-state index is -1.11. The van der Waals surface area contributed by atoms with E-state index in [1.54, 1.807) is 0 Å². The molecule has 0 fully saturated rings. The average Bonchev–Trinajstić information content (AvgIpc) is 2.30. The Morgan fingerprint density at radius 2 is 0.941 bits per heavy atom. The van der Waals surface area contributed by atoms with E-state index in [0.29, 0.717) is 6.42 Å². The summed E-state index contributed by atoms with van der Waals surface area (Å²) in [4.78, 5) is 0. The molecule has 4 N–H and O–H groups in total. The first kappa shape index (κ1) is 16.9. The fraction of sp³-hybridized carbons (Fsp3) is 1.00. The Balaban J connectivity index is 2.89. The lowest BCUT2D eigenvalue weighted by Crippen LogP contribution is -2.02. The van der Waals surface area contributed by atoms with Gasteiger partial charge in [-0.15, -0.1) is 0 Å². The molecule has 0 aliphatic heterocycles. The van der Waals surface area contributed by atoms with Crippen LogP contribution in [0.4, 0.5) is 0 Å². The van der Waals surface area contributed by atoms with Gasteiger partial charge in [0.2, 0.25) is 0 Å². The third kappa shape index (κ3) is 15.9. The fourth-order valence-corrected chi connectivity index (χ4v) is 2.06. The van der Waals surface area contributed by atoms with E-state index in [4.69, 9.17) is 15.9 Å². The molecule has 0 rings (SSSR count). The summed E-state index contributed by atoms with van der Waals surface area (Å²) < 4.78 is 0. The van der Waals surface area contributed by atoms with Gasteiger partial charge in [0, 0.05) is 0 Å². The summed E-state index contributed by atoms with van der Waals surface area (Å²) in [7, 11) is 0. The predicted molar refractivity (Wildman–Crippen MR) is 72.7 cm³/mol. The molecule has 0 spiro atoms. The van der Waals surface area contributed by atoms with Gasteiger partial charge in [-0.05, 0) is 25.8 Å². The number of hydrogen-bond donors (Lipinski definition) is 3. The molecule has 0 aliphatic rings. The molecule has 0 unspecified atom stereocenters. The van der Waals surface area contributed by atoms with Crippen molar-refractivity contribution in [2.24, 2.45) is 5.73 Å². The second-order valence-corrected chi connectivity index (χ2v) is 4.95. The molecule has 0 aromatic carbocycles. The molecule has 0 saturated heterocycles. The number of rotatable bonds is 13. The van der Waals surface area contributed by atoms with Gasteiger partial charge in [-0.1, -0.05) is 57.8 Å². The summed E-state index contributed by atoms with van der Waals surface area (Å²) in [6, 6.07) is 0. The number of hydrogen-bond acceptors (Lipinski definition) is 3. The Kier molecular flexibility index (Phi) is 13.8. The molecule has 0 aliphatic carbocycles. The van der Waals surface area contributed by atoms with Crippen LogP contribution in [0.25, 0.3) is 0 Å². The third-order valence-electron chi connectivity index (χ3n) is 3.17. The molecule has 0 bridgehead atoms. The number of unbranched alkanes of at least 4 members (excludes halogenated alkanes) is 10. The molecule has 3 heteroatoms. The van der Waals surface area contributed by atoms with E-state index in [1.807, 2.05) is 0 Å². The molecule has 0 radical (unpaired) electrons. The summed E-state index contributed by atoms with van der Waals surface area (Å²) in [5.74, 6) is 0. The van der Waals surface area contributed by atoms with E-state index in [-0.39, 0.29) is 0 Å². The lowest BCUT2D eigenvalue weighted by Gasteiger charge is -2.04. The standard InChI is InChI=1S/C14H31NO2/c15-13-11-9-7-5-3-1-2-4-6-8-10-12-14(16)17/h14,16-17H,1-13,15H2. The smallest absolute Gasteiger partial charge is 0.151 e. The lowest BCUT2D eigenvalue weighted by atomic mass is 10.1. The summed E-state index contributed by atoms with van der Waals surface area (Å²) in [5, 5.41) is 17.3. The van der Waals surface area contributed by atoms with Gasteiger partial charge < -0.3 is 15.9 Å². The average molecular weight is 245 g/mol. The molecule has 104 valence electrons. The SMILES string of the molecule is NCCCCCCCCCCCCCC(O)O. The highest BCUT2D eigenvalue weighted by molar-refractivity contribution is 4.49. The van der Waals surface area contributed by atoms with E-state index in [2.05, 4.69) is 0 Å². The molecular formula is C14H31NO2. The van der Waals surface area contributed by atoms with Gasteiger partial charge in [0.25, 0.3) is 0 Å². The normalized spacial score (nSPS) is 11.3. The highest BCUT2D eigenvalue weighted by Gasteiger charge is 1.97. The van der Waals surface area contributed by atoms with E-state index in [9.17, 15) is 0 Å². The maximum Gasteiger partial charge on any atom is 0.151 e. The van der Waals surface area contributed by atoms with Crippen LogP contribution >= 0.6 is 0 Å². The van der Waals surface area contributed by atoms with E-state index in [0.717, 1.165) is 19.4 Å². The van der Waals surface area contributed by atoms with Crippen molar-refractivity contribution < 1.29 is 10.2 Å². The van der Waals surface area contributed by atoms with Crippen LogP contribution in [0, 0.1) is 0 Å². The van der Waals surface area contributed by atoms with Crippen molar-refractivity contribution >= 4 is 0 Å². The van der Waals surface area contributed by atoms with E-state index < -0.39 is 6.29 Å². The van der Waals surface area contributed by atoms with Gasteiger partial charge in [-0.2, -0.15) is 0 Å². The molecule has 0 atom stereocenters. The second-order valence-electron chi connectivity index (χ2n) is 4.95. The molecule has 0 heterocycles. The minimum Gasteiger partial charge on any atom is -0.368 e. The van der Waals surface area contributed by atoms with Gasteiger partial charge in [0.05, 0.1) is 0 Å². The zero-order chi connectivity index (χ0) is 12.8. The second kappa shape index (κ2) is 13.9. The topological polar surface area (TPSA) is 66.5 Å². The van der Waals surface area contributed by atoms with Crippen LogP contribution in [0.2, 0.25) is 0 Å². The van der Waals surface area contributed by atoms with Crippen LogP contribution in [-0.2, 0) is 0 Å². The van der Waals surface area contributed by atoms with Crippen molar-refractivity contribution in [2.75, 3.05) is 6.54 Å². The lowest BCUT2D eigenvalue weighted by molar-refractivity contribution is -0.0466. The first-order valence-corrected chi connectivity index (χ1v) is 7.33. The minimum absolute atomic E-state index is 0.529. The maximum absolute atomic E-state index is 8.66. The molecule has 0 aromatic heterocycles. The van der Waals surface area contributed by atoms with Crippen LogP contribution < -0.4 is 5.73 Å². The number of aliphatic hydroxyl groups excluding tert-OH is 1. The van der Waals surface area contributed by atoms with Crippen molar-refractivity contribution in [1.82, 2.24) is 0 Å². The summed E-state index contributed by atoms with van der Waals surface area (Å²) in [6.45, 7) is 0.836. The zero-order valence-corrected chi connectivity index (χ0v) is 11.2. The van der Waals surface area contributed by atoms with Crippen LogP contribution in [0.15, 0.2) is 0 Å². The molecule has 17 heavy (non-hydrogen) atoms. The largest absolute Gasteiger partial charge is 0.368 e. The van der Waals surface area contributed by atoms with Gasteiger partial charge in [-0.25, -0.2) is 0 Å². The number of nitrogens with two attached hydrogens (primary N) is 1. The summed E-state index contributed by atoms with van der Waals surface area (Å²) >= 11 is 0. The Morgan fingerprint density at radius 3 is 1.29 bits per heavy atom. The molecule has 3 nitrogen and oxygen atoms in total. The Morgan fingerprint density at radius 1 is 0.588 bits per heavy atom. The molecule has 0 amide bonds. The van der Waals surface area contributed by atoms with Gasteiger partial charge in [0.1, 0.15) is 0 Å². The van der Waals surface area contributed by atoms with Crippen molar-refractivity contribution in [1.29, 1.82) is 0 Å². The molecular weight excluding hydrogens is 214 g/mol. The first-order valence-electron chi connectivity index (χ1n) is 7.33.